The summed E-state index contributed by atoms with van der Waals surface area (Å²) in [6.07, 6.45) is 0.860. The van der Waals surface area contributed by atoms with E-state index in [-0.39, 0.29) is 0 Å². The lowest BCUT2D eigenvalue weighted by molar-refractivity contribution is 0.976. The molecule has 3 aromatic rings. The number of benzene rings is 2. The van der Waals surface area contributed by atoms with Crippen molar-refractivity contribution in [1.82, 2.24) is 9.97 Å². The van der Waals surface area contributed by atoms with Gasteiger partial charge in [0, 0.05) is 29.0 Å². The van der Waals surface area contributed by atoms with Crippen molar-refractivity contribution in [3.8, 4) is 0 Å². The van der Waals surface area contributed by atoms with Crippen LogP contribution in [0, 0.1) is 6.92 Å². The number of rotatable bonds is 6. The number of hydrogen-bond acceptors (Lipinski definition) is 4. The molecule has 0 atom stereocenters. The van der Waals surface area contributed by atoms with Gasteiger partial charge in [-0.05, 0) is 43.2 Å². The van der Waals surface area contributed by atoms with Crippen LogP contribution in [0.15, 0.2) is 60.7 Å². The van der Waals surface area contributed by atoms with Gasteiger partial charge < -0.3 is 10.6 Å². The molecule has 2 N–H and O–H groups in total. The minimum Gasteiger partial charge on any atom is -0.354 e. The van der Waals surface area contributed by atoms with E-state index in [0.717, 1.165) is 35.2 Å². The highest BCUT2D eigenvalue weighted by Crippen LogP contribution is 2.16. The Morgan fingerprint density at radius 2 is 1.79 bits per heavy atom. The van der Waals surface area contributed by atoms with E-state index in [1.807, 2.05) is 61.5 Å². The Morgan fingerprint density at radius 1 is 0.958 bits per heavy atom. The van der Waals surface area contributed by atoms with E-state index in [1.54, 1.807) is 0 Å². The first-order valence-corrected chi connectivity index (χ1v) is 8.23. The van der Waals surface area contributed by atoms with E-state index in [2.05, 4.69) is 26.7 Å². The van der Waals surface area contributed by atoms with Crippen molar-refractivity contribution < 1.29 is 0 Å². The van der Waals surface area contributed by atoms with Crippen molar-refractivity contribution in [2.24, 2.45) is 0 Å². The largest absolute Gasteiger partial charge is 0.354 e. The molecule has 4 nitrogen and oxygen atoms in total. The maximum absolute atomic E-state index is 6.01. The molecule has 2 aromatic carbocycles. The molecule has 1 heterocycles. The molecular formula is C19H19ClN4. The fraction of sp³-hybridized carbons (Fsp3) is 0.158. The molecule has 0 radical (unpaired) electrons. The molecule has 5 heteroatoms. The summed E-state index contributed by atoms with van der Waals surface area (Å²) in [5.74, 6) is 1.40. The van der Waals surface area contributed by atoms with Crippen LogP contribution < -0.4 is 10.6 Å². The quantitative estimate of drug-likeness (QED) is 0.675. The molecule has 1 aromatic heterocycles. The first-order valence-electron chi connectivity index (χ1n) is 7.85. The smallest absolute Gasteiger partial charge is 0.224 e. The van der Waals surface area contributed by atoms with E-state index < -0.39 is 0 Å². The number of aryl methyl sites for hydroxylation is 1. The fourth-order valence-corrected chi connectivity index (χ4v) is 2.61. The van der Waals surface area contributed by atoms with Gasteiger partial charge in [0.1, 0.15) is 5.82 Å². The molecule has 0 saturated heterocycles. The lowest BCUT2D eigenvalue weighted by atomic mass is 10.1. The summed E-state index contributed by atoms with van der Waals surface area (Å²) in [6, 6.07) is 19.8. The Bertz CT molecular complexity index is 805. The first kappa shape index (κ1) is 16.3. The third kappa shape index (κ3) is 4.70. The van der Waals surface area contributed by atoms with Crippen LogP contribution in [-0.4, -0.2) is 16.5 Å². The molecule has 0 aliphatic carbocycles. The van der Waals surface area contributed by atoms with E-state index in [9.17, 15) is 0 Å². The molecule has 0 unspecified atom stereocenters. The SMILES string of the molecule is Cc1cc(Nc2ccccc2)nc(NCCc2cccc(Cl)c2)n1. The standard InChI is InChI=1S/C19H19ClN4/c1-14-12-18(23-17-8-3-2-4-9-17)24-19(22-14)21-11-10-15-6-5-7-16(20)13-15/h2-9,12-13H,10-11H2,1H3,(H2,21,22,23,24). The minimum absolute atomic E-state index is 0.621. The summed E-state index contributed by atoms with van der Waals surface area (Å²) >= 11 is 6.01. The van der Waals surface area contributed by atoms with Crippen LogP contribution in [0.2, 0.25) is 5.02 Å². The average molecular weight is 339 g/mol. The molecule has 0 saturated carbocycles. The topological polar surface area (TPSA) is 49.8 Å². The number of anilines is 3. The average Bonchev–Trinajstić information content (AvgIpc) is 2.55. The second kappa shape index (κ2) is 7.79. The van der Waals surface area contributed by atoms with Crippen LogP contribution in [0.5, 0.6) is 0 Å². The van der Waals surface area contributed by atoms with Crippen LogP contribution in [0.3, 0.4) is 0 Å². The normalized spacial score (nSPS) is 10.4. The number of nitrogens with one attached hydrogen (secondary N) is 2. The molecule has 0 spiro atoms. The predicted molar refractivity (Wildman–Crippen MR) is 100 cm³/mol. The highest BCUT2D eigenvalue weighted by Gasteiger charge is 2.03. The maximum Gasteiger partial charge on any atom is 0.224 e. The summed E-state index contributed by atoms with van der Waals surface area (Å²) in [5, 5.41) is 7.32. The van der Waals surface area contributed by atoms with Gasteiger partial charge in [-0.25, -0.2) is 4.98 Å². The van der Waals surface area contributed by atoms with E-state index >= 15 is 0 Å². The number of halogens is 1. The number of hydrogen-bond donors (Lipinski definition) is 2. The van der Waals surface area contributed by atoms with Gasteiger partial charge in [-0.1, -0.05) is 41.9 Å². The predicted octanol–water partition coefficient (Wildman–Crippen LogP) is 4.84. The zero-order valence-corrected chi connectivity index (χ0v) is 14.2. The van der Waals surface area contributed by atoms with Gasteiger partial charge >= 0.3 is 0 Å². The van der Waals surface area contributed by atoms with Crippen LogP contribution in [-0.2, 0) is 6.42 Å². The van der Waals surface area contributed by atoms with E-state index in [0.29, 0.717) is 5.95 Å². The molecule has 24 heavy (non-hydrogen) atoms. The van der Waals surface area contributed by atoms with Crippen molar-refractivity contribution in [3.05, 3.63) is 76.9 Å². The monoisotopic (exact) mass is 338 g/mol. The second-order valence-electron chi connectivity index (χ2n) is 5.52. The van der Waals surface area contributed by atoms with Gasteiger partial charge in [0.05, 0.1) is 0 Å². The Balaban J connectivity index is 1.63. The van der Waals surface area contributed by atoms with Crippen LogP contribution in [0.4, 0.5) is 17.5 Å². The Labute approximate surface area is 146 Å². The lowest BCUT2D eigenvalue weighted by Crippen LogP contribution is -2.09. The molecule has 0 aliphatic rings. The van der Waals surface area contributed by atoms with Gasteiger partial charge in [-0.2, -0.15) is 4.98 Å². The molecule has 122 valence electrons. The minimum atomic E-state index is 0.621. The number of para-hydroxylation sites is 1. The molecule has 0 bridgehead atoms. The van der Waals surface area contributed by atoms with Gasteiger partial charge in [-0.15, -0.1) is 0 Å². The van der Waals surface area contributed by atoms with E-state index in [4.69, 9.17) is 11.6 Å². The maximum atomic E-state index is 6.01. The van der Waals surface area contributed by atoms with Crippen LogP contribution in [0.1, 0.15) is 11.3 Å². The van der Waals surface area contributed by atoms with Gasteiger partial charge in [-0.3, -0.25) is 0 Å². The lowest BCUT2D eigenvalue weighted by Gasteiger charge is -2.10. The zero-order chi connectivity index (χ0) is 16.8. The highest BCUT2D eigenvalue weighted by molar-refractivity contribution is 6.30. The molecule has 0 amide bonds. The third-order valence-electron chi connectivity index (χ3n) is 3.49. The zero-order valence-electron chi connectivity index (χ0n) is 13.5. The van der Waals surface area contributed by atoms with Crippen molar-refractivity contribution in [2.75, 3.05) is 17.2 Å². The summed E-state index contributed by atoms with van der Waals surface area (Å²) in [6.45, 7) is 2.70. The Kier molecular flexibility index (Phi) is 5.29. The van der Waals surface area contributed by atoms with Crippen LogP contribution >= 0.6 is 11.6 Å². The summed E-state index contributed by atoms with van der Waals surface area (Å²) < 4.78 is 0. The van der Waals surface area contributed by atoms with Crippen molar-refractivity contribution in [1.29, 1.82) is 0 Å². The molecule has 0 aliphatic heterocycles. The second-order valence-corrected chi connectivity index (χ2v) is 5.95. The fourth-order valence-electron chi connectivity index (χ4n) is 2.39. The van der Waals surface area contributed by atoms with Crippen molar-refractivity contribution in [3.63, 3.8) is 0 Å². The third-order valence-corrected chi connectivity index (χ3v) is 3.72. The first-order chi connectivity index (χ1) is 11.7. The summed E-state index contributed by atoms with van der Waals surface area (Å²) in [5.41, 5.74) is 3.10. The van der Waals surface area contributed by atoms with Crippen molar-refractivity contribution in [2.45, 2.75) is 13.3 Å². The van der Waals surface area contributed by atoms with Gasteiger partial charge in [0.25, 0.3) is 0 Å². The molecule has 3 rings (SSSR count). The number of aromatic nitrogens is 2. The van der Waals surface area contributed by atoms with E-state index in [1.165, 1.54) is 5.56 Å². The summed E-state index contributed by atoms with van der Waals surface area (Å²) in [7, 11) is 0. The Hall–Kier alpha value is -2.59. The van der Waals surface area contributed by atoms with Crippen molar-refractivity contribution >= 4 is 29.1 Å². The summed E-state index contributed by atoms with van der Waals surface area (Å²) in [4.78, 5) is 8.95. The molecule has 0 fully saturated rings. The van der Waals surface area contributed by atoms with Gasteiger partial charge in [0.15, 0.2) is 0 Å². The Morgan fingerprint density at radius 3 is 2.58 bits per heavy atom. The van der Waals surface area contributed by atoms with Crippen LogP contribution in [0.25, 0.3) is 0 Å². The molecular weight excluding hydrogens is 320 g/mol. The highest BCUT2D eigenvalue weighted by atomic mass is 35.5. The number of nitrogens with zero attached hydrogens (tertiary/aromatic N) is 2. The van der Waals surface area contributed by atoms with Gasteiger partial charge in [0.2, 0.25) is 5.95 Å².